The third-order valence-corrected chi connectivity index (χ3v) is 0.668. The van der Waals surface area contributed by atoms with Crippen molar-refractivity contribution in [1.82, 2.24) is 0 Å². The molecule has 0 amide bonds. The van der Waals surface area contributed by atoms with Gasteiger partial charge in [0.05, 0.1) is 0 Å². The highest BCUT2D eigenvalue weighted by atomic mass is 16.5. The summed E-state index contributed by atoms with van der Waals surface area (Å²) in [6, 6.07) is 0. The van der Waals surface area contributed by atoms with Crippen molar-refractivity contribution in [1.29, 1.82) is 0 Å². The molecule has 3 heteroatoms. The molecule has 52 valence electrons. The molecule has 9 heavy (non-hydrogen) atoms. The van der Waals surface area contributed by atoms with E-state index in [9.17, 15) is 0 Å². The number of nitrogens with zero attached hydrogens (tertiary/aromatic N) is 2. The van der Waals surface area contributed by atoms with Crippen molar-refractivity contribution >= 4 is 13.1 Å². The van der Waals surface area contributed by atoms with Gasteiger partial charge in [-0.2, -0.15) is 0 Å². The van der Waals surface area contributed by atoms with Gasteiger partial charge < -0.3 is 4.74 Å². The highest BCUT2D eigenvalue weighted by Crippen LogP contribution is 1.75. The molecule has 0 aliphatic heterocycles. The van der Waals surface area contributed by atoms with Gasteiger partial charge in [-0.25, -0.2) is 0 Å². The fourth-order valence-electron chi connectivity index (χ4n) is 0.321. The fraction of sp³-hybridized carbons (Fsp3) is 0.667. The van der Waals surface area contributed by atoms with Gasteiger partial charge in [-0.1, -0.05) is 6.92 Å². The molecule has 0 heterocycles. The molecule has 0 aromatic rings. The molecule has 0 fully saturated rings. The first kappa shape index (κ1) is 8.14. The van der Waals surface area contributed by atoms with Crippen molar-refractivity contribution in [3.05, 3.63) is 0 Å². The van der Waals surface area contributed by atoms with Gasteiger partial charge in [0.2, 0.25) is 0 Å². The Bertz CT molecular complexity index is 91.1. The second-order valence-electron chi connectivity index (χ2n) is 1.53. The smallest absolute Gasteiger partial charge is 0.179 e. The predicted molar refractivity (Wildman–Crippen MR) is 39.2 cm³/mol. The minimum absolute atomic E-state index is 0.299. The lowest BCUT2D eigenvalue weighted by Crippen LogP contribution is -1.87. The summed E-state index contributed by atoms with van der Waals surface area (Å²) in [5.41, 5.74) is 0. The molecule has 0 rings (SSSR count). The van der Waals surface area contributed by atoms with E-state index in [2.05, 4.69) is 23.6 Å². The molecule has 0 aromatic heterocycles. The lowest BCUT2D eigenvalue weighted by atomic mass is 10.5. The van der Waals surface area contributed by atoms with Crippen molar-refractivity contribution in [2.45, 2.75) is 13.3 Å². The zero-order chi connectivity index (χ0) is 6.95. The number of ether oxygens (including phenoxy) is 1. The van der Waals surface area contributed by atoms with E-state index in [1.54, 1.807) is 0 Å². The average molecular weight is 128 g/mol. The van der Waals surface area contributed by atoms with Crippen LogP contribution >= 0.6 is 0 Å². The van der Waals surface area contributed by atoms with Crippen molar-refractivity contribution < 1.29 is 4.74 Å². The molecule has 0 aliphatic carbocycles. The maximum Gasteiger partial charge on any atom is 0.179 e. The van der Waals surface area contributed by atoms with E-state index >= 15 is 0 Å². The maximum atomic E-state index is 4.76. The van der Waals surface area contributed by atoms with Crippen LogP contribution in [0, 0.1) is 0 Å². The van der Waals surface area contributed by atoms with Crippen LogP contribution in [0.25, 0.3) is 0 Å². The van der Waals surface area contributed by atoms with Gasteiger partial charge in [-0.05, 0) is 13.1 Å². The fourth-order valence-corrected chi connectivity index (χ4v) is 0.321. The van der Waals surface area contributed by atoms with Crippen molar-refractivity contribution in [3.8, 4) is 0 Å². The predicted octanol–water partition coefficient (Wildman–Crippen LogP) is 1.10. The van der Waals surface area contributed by atoms with Gasteiger partial charge in [0.15, 0.2) is 13.1 Å². The number of aliphatic imine (C=N–C) groups is 2. The highest BCUT2D eigenvalue weighted by molar-refractivity contribution is 5.46. The van der Waals surface area contributed by atoms with Gasteiger partial charge in [0.1, 0.15) is 0 Å². The zero-order valence-corrected chi connectivity index (χ0v) is 5.71. The van der Waals surface area contributed by atoms with E-state index in [0.29, 0.717) is 6.73 Å². The Kier molecular flexibility index (Phi) is 6.46. The minimum Gasteiger partial charge on any atom is -0.461 e. The molecule has 0 spiro atoms. The number of hydrogen-bond donors (Lipinski definition) is 0. The third kappa shape index (κ3) is 7.14. The Morgan fingerprint density at radius 1 is 1.67 bits per heavy atom. The third-order valence-electron chi connectivity index (χ3n) is 0.668. The average Bonchev–Trinajstić information content (AvgIpc) is 1.89. The first-order chi connectivity index (χ1) is 4.41. The molecule has 0 saturated carbocycles. The van der Waals surface area contributed by atoms with Gasteiger partial charge in [-0.3, -0.25) is 9.98 Å². The molecule has 0 radical (unpaired) electrons. The van der Waals surface area contributed by atoms with Crippen LogP contribution in [-0.2, 0) is 4.74 Å². The van der Waals surface area contributed by atoms with Crippen molar-refractivity contribution in [2.75, 3.05) is 13.3 Å². The summed E-state index contributed by atoms with van der Waals surface area (Å²) in [4.78, 5) is 7.36. The van der Waals surface area contributed by atoms with Gasteiger partial charge in [0, 0.05) is 6.54 Å². The number of hydrogen-bond acceptors (Lipinski definition) is 3. The maximum absolute atomic E-state index is 4.76. The van der Waals surface area contributed by atoms with E-state index in [-0.39, 0.29) is 0 Å². The topological polar surface area (TPSA) is 34.0 Å². The summed E-state index contributed by atoms with van der Waals surface area (Å²) in [6.45, 7) is 6.42. The highest BCUT2D eigenvalue weighted by Gasteiger charge is 1.72. The van der Waals surface area contributed by atoms with E-state index in [0.717, 1.165) is 13.0 Å². The molecule has 0 N–H and O–H groups in total. The van der Waals surface area contributed by atoms with E-state index in [4.69, 9.17) is 4.74 Å². The molecular formula is C6H12N2O. The number of rotatable bonds is 5. The summed E-state index contributed by atoms with van der Waals surface area (Å²) in [5, 5.41) is 0. The van der Waals surface area contributed by atoms with Crippen LogP contribution in [0.15, 0.2) is 9.98 Å². The first-order valence-electron chi connectivity index (χ1n) is 2.94. The summed E-state index contributed by atoms with van der Waals surface area (Å²) in [6.07, 6.45) is 2.46. The summed E-state index contributed by atoms with van der Waals surface area (Å²) < 4.78 is 4.76. The normalized spacial score (nSPS) is 9.89. The zero-order valence-electron chi connectivity index (χ0n) is 5.71. The van der Waals surface area contributed by atoms with E-state index in [1.165, 1.54) is 6.40 Å². The Morgan fingerprint density at radius 2 is 2.44 bits per heavy atom. The van der Waals surface area contributed by atoms with E-state index < -0.39 is 0 Å². The lowest BCUT2D eigenvalue weighted by molar-refractivity contribution is 0.334. The molecular weight excluding hydrogens is 116 g/mol. The molecule has 0 saturated heterocycles. The van der Waals surface area contributed by atoms with Crippen LogP contribution in [0.3, 0.4) is 0 Å². The van der Waals surface area contributed by atoms with Gasteiger partial charge in [0.25, 0.3) is 0 Å². The Labute approximate surface area is 55.5 Å². The second kappa shape index (κ2) is 7.14. The SMILES string of the molecule is C=NCOC=NCCC. The monoisotopic (exact) mass is 128 g/mol. The standard InChI is InChI=1S/C6H12N2O/c1-3-4-8-6-9-5-7-2/h6H,2-5H2,1H3. The quantitative estimate of drug-likeness (QED) is 0.310. The van der Waals surface area contributed by atoms with Crippen LogP contribution in [0.4, 0.5) is 0 Å². The Balaban J connectivity index is 2.94. The molecule has 0 atom stereocenters. The van der Waals surface area contributed by atoms with Crippen LogP contribution in [0.1, 0.15) is 13.3 Å². The largest absolute Gasteiger partial charge is 0.461 e. The second-order valence-corrected chi connectivity index (χ2v) is 1.53. The first-order valence-corrected chi connectivity index (χ1v) is 2.94. The summed E-state index contributed by atoms with van der Waals surface area (Å²) in [7, 11) is 0. The molecule has 0 aromatic carbocycles. The van der Waals surface area contributed by atoms with Gasteiger partial charge >= 0.3 is 0 Å². The Morgan fingerprint density at radius 3 is 3.00 bits per heavy atom. The summed E-state index contributed by atoms with van der Waals surface area (Å²) >= 11 is 0. The van der Waals surface area contributed by atoms with Crippen molar-refractivity contribution in [2.24, 2.45) is 9.98 Å². The van der Waals surface area contributed by atoms with E-state index in [1.807, 2.05) is 0 Å². The molecule has 0 aliphatic rings. The van der Waals surface area contributed by atoms with Gasteiger partial charge in [-0.15, -0.1) is 0 Å². The van der Waals surface area contributed by atoms with Crippen LogP contribution in [0.5, 0.6) is 0 Å². The Hall–Kier alpha value is -0.860. The van der Waals surface area contributed by atoms with Crippen LogP contribution in [-0.4, -0.2) is 26.4 Å². The summed E-state index contributed by atoms with van der Waals surface area (Å²) in [5.74, 6) is 0. The molecule has 3 nitrogen and oxygen atoms in total. The van der Waals surface area contributed by atoms with Crippen molar-refractivity contribution in [3.63, 3.8) is 0 Å². The molecule has 0 unspecified atom stereocenters. The van der Waals surface area contributed by atoms with Crippen LogP contribution in [0.2, 0.25) is 0 Å². The molecule has 0 bridgehead atoms. The lowest BCUT2D eigenvalue weighted by Gasteiger charge is -1.90. The minimum atomic E-state index is 0.299. The van der Waals surface area contributed by atoms with Crippen LogP contribution < -0.4 is 0 Å².